The smallest absolute Gasteiger partial charge is 1.00 e. The van der Waals surface area contributed by atoms with Crippen molar-refractivity contribution in [3.8, 4) is 23.0 Å². The summed E-state index contributed by atoms with van der Waals surface area (Å²) in [7, 11) is 2.21. The minimum Gasteiger partial charge on any atom is -1.00 e. The largest absolute Gasteiger partial charge is 2.00 e. The normalized spacial score (nSPS) is 21.6. The van der Waals surface area contributed by atoms with E-state index in [0.29, 0.717) is 22.3 Å². The van der Waals surface area contributed by atoms with E-state index in [2.05, 4.69) is 30.9 Å². The Morgan fingerprint density at radius 1 is 0.478 bits per heavy atom. The molecule has 8 aromatic rings. The average molecular weight is 2120 g/mol. The maximum absolute atomic E-state index is 13.1. The maximum atomic E-state index is 13.1. The summed E-state index contributed by atoms with van der Waals surface area (Å²) in [5, 5.41) is 78.1. The Balaban J connectivity index is 0.000000239. The van der Waals surface area contributed by atoms with Crippen LogP contribution < -0.4 is 195 Å². The first-order valence-corrected chi connectivity index (χ1v) is 42.9. The number of hydrogen-bond donors (Lipinski definition) is 11. The molecule has 4 saturated carbocycles. The molecule has 10 aliphatic rings. The fraction of sp³-hybridized carbons (Fsp3) is 0.418. The Labute approximate surface area is 909 Å². The van der Waals surface area contributed by atoms with E-state index in [0.717, 1.165) is 102 Å². The first-order valence-electron chi connectivity index (χ1n) is 42.9. The van der Waals surface area contributed by atoms with Gasteiger partial charge in [0, 0.05) is 49.0 Å². The molecule has 4 aliphatic carbocycles. The molecular formula is C91H100Br2F4K2MgN12O26. The molecule has 4 aromatic heterocycles. The standard InChI is InChI=1S/3C22H22FN3O5.C19H21FN2O7.C5H11NO.CH2O3.2BrH.2K.Mg.H/c3*1-11(12-2-4-13(23)5-3-12)24-21(29)16-9-25-10-17-26(14-6-7-15(8-14)31-17)22(30)18(25)20(28)19(16)27;1-10(11-4-6-12(20)7-5-11)21-18(26)13-8-22(9-14(23)24)15(19(27)29-3)17(28-2)16(13)25;6-4-1-2-5(7)3-4;2-1-4-3;;;;;;/h3*2-5,9,11,14-15,17,28H,6-8,10H2,1H3,(H,24,29);4-8,10,14,23-24H,9H2,1-3H3,(H,21,26);4-5,7H,1-3,6H2;1,3H;2*1H;;;;/q;;;;;;;;2*+1;+2;-1/p-3/t3*11-,14-,15+,17+;10-;4-,5+;;;;;;;/m00000......./s1. The number of carbonyl (C=O) groups excluding carboxylic acids is 9. The molecule has 726 valence electrons. The molecule has 15 atom stereocenters. The number of pyridine rings is 4. The van der Waals surface area contributed by atoms with Crippen LogP contribution >= 0.6 is 0 Å². The molecule has 0 unspecified atom stereocenters. The Bertz CT molecular complexity index is 5610. The van der Waals surface area contributed by atoms with Gasteiger partial charge in [-0.15, -0.1) is 0 Å². The summed E-state index contributed by atoms with van der Waals surface area (Å²) in [6, 6.07) is 20.7. The Morgan fingerprint density at radius 2 is 0.761 bits per heavy atom. The van der Waals surface area contributed by atoms with Crippen LogP contribution in [0.15, 0.2) is 141 Å². The third-order valence-electron chi connectivity index (χ3n) is 24.9. The molecule has 18 rings (SSSR count). The van der Waals surface area contributed by atoms with Gasteiger partial charge in [-0.3, -0.25) is 57.5 Å². The fourth-order valence-electron chi connectivity index (χ4n) is 18.2. The van der Waals surface area contributed by atoms with E-state index in [4.69, 9.17) is 39.8 Å². The van der Waals surface area contributed by atoms with Crippen LogP contribution in [0.4, 0.5) is 17.6 Å². The van der Waals surface area contributed by atoms with Crippen molar-refractivity contribution in [2.24, 2.45) is 5.73 Å². The topological polar surface area (TPSA) is 525 Å². The number of aromatic hydroxyl groups is 3. The van der Waals surface area contributed by atoms with Crippen LogP contribution in [0.5, 0.6) is 23.0 Å². The van der Waals surface area contributed by atoms with Gasteiger partial charge in [0.05, 0.1) is 89.0 Å². The number of nitrogens with zero attached hydrogens (tertiary/aromatic N) is 7. The van der Waals surface area contributed by atoms with Crippen LogP contribution in [0, 0.1) is 23.3 Å². The van der Waals surface area contributed by atoms with E-state index < -0.39 is 171 Å². The van der Waals surface area contributed by atoms with Gasteiger partial charge in [0.15, 0.2) is 70.7 Å². The van der Waals surface area contributed by atoms with Crippen molar-refractivity contribution in [3.63, 3.8) is 0 Å². The zero-order valence-electron chi connectivity index (χ0n) is 77.2. The minimum absolute atomic E-state index is 0. The molecule has 6 bridgehead atoms. The average Bonchev–Trinajstić information content (AvgIpc) is 1.74. The summed E-state index contributed by atoms with van der Waals surface area (Å²) in [5.74, 6) is -9.44. The number of nitrogens with one attached hydrogen (secondary N) is 4. The predicted molar refractivity (Wildman–Crippen MR) is 462 cm³/mol. The van der Waals surface area contributed by atoms with Crippen LogP contribution in [0.3, 0.4) is 0 Å². The number of ether oxygens (including phenoxy) is 5. The van der Waals surface area contributed by atoms with E-state index in [-0.39, 0.29) is 281 Å². The first-order chi connectivity index (χ1) is 63.4. The van der Waals surface area contributed by atoms with Gasteiger partial charge in [-0.25, -0.2) is 22.4 Å². The fourth-order valence-corrected chi connectivity index (χ4v) is 18.2. The number of aliphatic hydroxyl groups is 3. The van der Waals surface area contributed by atoms with E-state index in [1.807, 2.05) is 0 Å². The van der Waals surface area contributed by atoms with Gasteiger partial charge >= 0.3 is 132 Å². The van der Waals surface area contributed by atoms with Crippen LogP contribution in [-0.4, -0.2) is 228 Å². The third kappa shape index (κ3) is 25.9. The van der Waals surface area contributed by atoms with Crippen molar-refractivity contribution in [3.05, 3.63) is 253 Å². The van der Waals surface area contributed by atoms with E-state index in [1.165, 1.54) is 93.0 Å². The van der Waals surface area contributed by atoms with Gasteiger partial charge in [0.25, 0.3) is 47.8 Å². The Hall–Kier alpha value is -8.49. The van der Waals surface area contributed by atoms with Crippen molar-refractivity contribution in [1.29, 1.82) is 0 Å². The zero-order valence-corrected chi connectivity index (χ0v) is 87.0. The summed E-state index contributed by atoms with van der Waals surface area (Å²) in [6.45, 7) is 6.74. The van der Waals surface area contributed by atoms with Crippen LogP contribution in [0.25, 0.3) is 0 Å². The molecule has 4 aromatic carbocycles. The Morgan fingerprint density at radius 3 is 0.993 bits per heavy atom. The molecule has 0 spiro atoms. The van der Waals surface area contributed by atoms with Crippen molar-refractivity contribution in [2.45, 2.75) is 229 Å². The molecule has 38 nitrogen and oxygen atoms in total. The second-order valence-corrected chi connectivity index (χ2v) is 33.6. The summed E-state index contributed by atoms with van der Waals surface area (Å²) >= 11 is 0. The first kappa shape index (κ1) is 115. The van der Waals surface area contributed by atoms with Crippen molar-refractivity contribution < 1.29 is 263 Å². The van der Waals surface area contributed by atoms with Crippen molar-refractivity contribution in [1.82, 2.24) is 54.2 Å². The van der Waals surface area contributed by atoms with Gasteiger partial charge in [0.2, 0.25) is 21.7 Å². The van der Waals surface area contributed by atoms with Gasteiger partial charge < -0.3 is 160 Å². The number of amides is 7. The SMILES string of the molecule is COC(=O)c1c(OC)c(=O)c(C(=O)N[C@@H](C)c2ccc(F)cc2)cn1CC(O)O.C[C@H](NC(=O)c1cn2c(c(O)c1=O)C(=O)N1[C@H]3CC[C@H](C3)O[C@@H]1C2)c1ccc(F)cc1.C[C@H](NC(=O)c1cn2c(c(O)c1=O)C(=O)N1[C@H]3CC[C@H](C3)O[C@@H]1C2)c1ccc(F)cc1.C[C@H](NC(=O)c1cn2c(c(O)c1=O)C(=O)N1[C@H]3CC[C@H](C3)O[C@@H]1C2)c1ccc(F)cc1.N[C@H]1CC[C@@H](O)C1.O=CO[O-].[Br-].[Br-].[H-].[K+].[K+].[Mg+2]. The number of methoxy groups -OCH3 is 2. The van der Waals surface area contributed by atoms with Gasteiger partial charge in [0.1, 0.15) is 45.5 Å². The van der Waals surface area contributed by atoms with Crippen molar-refractivity contribution >= 4 is 76.8 Å². The van der Waals surface area contributed by atoms with Crippen LogP contribution in [0.2, 0.25) is 0 Å². The summed E-state index contributed by atoms with van der Waals surface area (Å²) in [4.78, 5) is 169. The number of halogens is 6. The number of rotatable bonds is 17. The minimum atomic E-state index is -1.88. The quantitative estimate of drug-likeness (QED) is 0.00767. The van der Waals surface area contributed by atoms with Crippen LogP contribution in [0.1, 0.15) is 236 Å². The zero-order chi connectivity index (χ0) is 96.0. The monoisotopic (exact) mass is 2110 g/mol. The third-order valence-corrected chi connectivity index (χ3v) is 24.9. The van der Waals surface area contributed by atoms with E-state index in [9.17, 15) is 101 Å². The summed E-state index contributed by atoms with van der Waals surface area (Å²) in [6.07, 6.45) is 11.9. The molecule has 138 heavy (non-hydrogen) atoms. The molecule has 7 amide bonds. The van der Waals surface area contributed by atoms with Gasteiger partial charge in [-0.2, -0.15) is 0 Å². The molecule has 6 aliphatic heterocycles. The molecule has 47 heteroatoms. The van der Waals surface area contributed by atoms with Crippen molar-refractivity contribution in [2.75, 3.05) is 14.2 Å². The molecule has 7 fully saturated rings. The molecule has 3 saturated heterocycles. The number of aromatic nitrogens is 4. The van der Waals surface area contributed by atoms with Gasteiger partial charge in [-0.05, 0) is 176 Å². The second-order valence-electron chi connectivity index (χ2n) is 33.6. The second kappa shape index (κ2) is 50.4. The number of aliphatic hydroxyl groups excluding tert-OH is 2. The number of nitrogens with two attached hydrogens (primary N) is 1. The number of carbonyl (C=O) groups is 9. The van der Waals surface area contributed by atoms with Gasteiger partial charge in [-0.1, -0.05) is 48.5 Å². The van der Waals surface area contributed by atoms with Crippen LogP contribution in [-0.2, 0) is 54.8 Å². The molecule has 12 N–H and O–H groups in total. The summed E-state index contributed by atoms with van der Waals surface area (Å²) in [5.41, 5.74) is 2.59. The number of fused-ring (bicyclic) bond motifs is 15. The number of esters is 1. The Kier molecular flexibility index (Phi) is 42.0. The number of benzene rings is 4. The van der Waals surface area contributed by atoms with E-state index in [1.54, 1.807) is 78.8 Å². The predicted octanol–water partition coefficient (Wildman–Crippen LogP) is -7.62. The number of hydrogen-bond acceptors (Lipinski definition) is 27. The summed E-state index contributed by atoms with van der Waals surface area (Å²) < 4.78 is 85.4. The molecule has 0 radical (unpaired) electrons. The molecular weight excluding hydrogens is 2020 g/mol. The molecule has 10 heterocycles. The van der Waals surface area contributed by atoms with E-state index >= 15 is 0 Å². The maximum Gasteiger partial charge on any atom is 2.00 e.